The quantitative estimate of drug-likeness (QED) is 0.796. The molecule has 2 saturated heterocycles. The number of hydrogen-bond acceptors (Lipinski definition) is 4. The number of rotatable bonds is 5. The van der Waals surface area contributed by atoms with Crippen molar-refractivity contribution in [2.24, 2.45) is 5.92 Å². The van der Waals surface area contributed by atoms with E-state index in [2.05, 4.69) is 9.55 Å². The van der Waals surface area contributed by atoms with Crippen molar-refractivity contribution in [3.63, 3.8) is 0 Å². The van der Waals surface area contributed by atoms with Crippen LogP contribution in [0.5, 0.6) is 0 Å². The number of carbonyl (C=O) groups excluding carboxylic acids is 2. The van der Waals surface area contributed by atoms with Crippen LogP contribution >= 0.6 is 0 Å². The van der Waals surface area contributed by atoms with Gasteiger partial charge in [-0.05, 0) is 25.7 Å². The number of imidazole rings is 1. The summed E-state index contributed by atoms with van der Waals surface area (Å²) in [5, 5.41) is 0. The molecule has 0 aromatic carbocycles. The Bertz CT molecular complexity index is 622. The summed E-state index contributed by atoms with van der Waals surface area (Å²) in [5.74, 6) is 1.77. The van der Waals surface area contributed by atoms with E-state index < -0.39 is 0 Å². The highest BCUT2D eigenvalue weighted by Crippen LogP contribution is 2.28. The molecule has 7 nitrogen and oxygen atoms in total. The number of ether oxygens (including phenoxy) is 1. The molecule has 2 amide bonds. The standard InChI is InChI=1S/C19H30N4O3/c1-15(24)21-9-5-16(6-10-21)19(25)23-8-3-4-17(14-23)18-20-7-11-22(18)12-13-26-2/h7,11,16-17H,3-6,8-10,12-14H2,1-2H3. The van der Waals surface area contributed by atoms with Crippen LogP contribution in [0.3, 0.4) is 0 Å². The van der Waals surface area contributed by atoms with E-state index in [1.165, 1.54) is 0 Å². The van der Waals surface area contributed by atoms with Crippen molar-refractivity contribution in [1.29, 1.82) is 0 Å². The molecule has 3 rings (SSSR count). The van der Waals surface area contributed by atoms with Crippen molar-refractivity contribution in [1.82, 2.24) is 19.4 Å². The van der Waals surface area contributed by atoms with Gasteiger partial charge in [0.2, 0.25) is 11.8 Å². The molecule has 0 bridgehead atoms. The average molecular weight is 362 g/mol. The molecule has 0 spiro atoms. The second-order valence-corrected chi connectivity index (χ2v) is 7.38. The molecule has 2 aliphatic rings. The normalized spacial score (nSPS) is 21.8. The highest BCUT2D eigenvalue weighted by atomic mass is 16.5. The Morgan fingerprint density at radius 3 is 2.65 bits per heavy atom. The van der Waals surface area contributed by atoms with Crippen molar-refractivity contribution in [2.75, 3.05) is 39.9 Å². The SMILES string of the molecule is COCCn1ccnc1C1CCCN(C(=O)C2CCN(C(C)=O)CC2)C1. The molecule has 0 saturated carbocycles. The molecule has 1 atom stereocenters. The Morgan fingerprint density at radius 2 is 1.96 bits per heavy atom. The summed E-state index contributed by atoms with van der Waals surface area (Å²) in [6, 6.07) is 0. The molecule has 2 fully saturated rings. The first-order chi connectivity index (χ1) is 12.6. The number of hydrogen-bond donors (Lipinski definition) is 0. The third-order valence-electron chi connectivity index (χ3n) is 5.67. The van der Waals surface area contributed by atoms with Crippen LogP contribution in [0, 0.1) is 5.92 Å². The van der Waals surface area contributed by atoms with Gasteiger partial charge >= 0.3 is 0 Å². The predicted octanol–water partition coefficient (Wildman–Crippen LogP) is 1.49. The van der Waals surface area contributed by atoms with Gasteiger partial charge in [-0.15, -0.1) is 0 Å². The van der Waals surface area contributed by atoms with Gasteiger partial charge < -0.3 is 19.1 Å². The number of likely N-dealkylation sites (tertiary alicyclic amines) is 2. The lowest BCUT2D eigenvalue weighted by atomic mass is 9.92. The molecule has 1 aromatic heterocycles. The van der Waals surface area contributed by atoms with Gasteiger partial charge in [-0.1, -0.05) is 0 Å². The molecule has 1 aromatic rings. The fraction of sp³-hybridized carbons (Fsp3) is 0.737. The number of amides is 2. The molecule has 144 valence electrons. The summed E-state index contributed by atoms with van der Waals surface area (Å²) >= 11 is 0. The van der Waals surface area contributed by atoms with Crippen molar-refractivity contribution in [3.05, 3.63) is 18.2 Å². The molecule has 0 N–H and O–H groups in total. The Hall–Kier alpha value is -1.89. The van der Waals surface area contributed by atoms with Gasteiger partial charge in [-0.3, -0.25) is 9.59 Å². The van der Waals surface area contributed by atoms with Crippen LogP contribution in [0.25, 0.3) is 0 Å². The molecular weight excluding hydrogens is 332 g/mol. The highest BCUT2D eigenvalue weighted by Gasteiger charge is 2.33. The van der Waals surface area contributed by atoms with Gasteiger partial charge in [0.15, 0.2) is 0 Å². The van der Waals surface area contributed by atoms with E-state index in [-0.39, 0.29) is 23.7 Å². The maximum absolute atomic E-state index is 13.0. The number of carbonyl (C=O) groups is 2. The molecule has 26 heavy (non-hydrogen) atoms. The lowest BCUT2D eigenvalue weighted by Crippen LogP contribution is -2.46. The molecule has 1 unspecified atom stereocenters. The molecule has 7 heteroatoms. The number of aromatic nitrogens is 2. The van der Waals surface area contributed by atoms with Crippen LogP contribution in [0.15, 0.2) is 12.4 Å². The minimum atomic E-state index is 0.0533. The van der Waals surface area contributed by atoms with Crippen LogP contribution in [-0.2, 0) is 20.9 Å². The smallest absolute Gasteiger partial charge is 0.225 e. The van der Waals surface area contributed by atoms with Gasteiger partial charge in [0.1, 0.15) is 5.82 Å². The van der Waals surface area contributed by atoms with Crippen molar-refractivity contribution in [3.8, 4) is 0 Å². The van der Waals surface area contributed by atoms with Crippen LogP contribution in [-0.4, -0.2) is 71.1 Å². The zero-order valence-corrected chi connectivity index (χ0v) is 15.9. The summed E-state index contributed by atoms with van der Waals surface area (Å²) in [6.45, 7) is 6.03. The Kier molecular flexibility index (Phi) is 6.29. The molecule has 0 radical (unpaired) electrons. The first-order valence-corrected chi connectivity index (χ1v) is 9.64. The monoisotopic (exact) mass is 362 g/mol. The third kappa shape index (κ3) is 4.26. The van der Waals surface area contributed by atoms with E-state index in [4.69, 9.17) is 4.74 Å². The maximum Gasteiger partial charge on any atom is 0.225 e. The van der Waals surface area contributed by atoms with Gasteiger partial charge in [0, 0.05) is 71.0 Å². The van der Waals surface area contributed by atoms with E-state index >= 15 is 0 Å². The van der Waals surface area contributed by atoms with Gasteiger partial charge in [-0.25, -0.2) is 4.98 Å². The summed E-state index contributed by atoms with van der Waals surface area (Å²) in [4.78, 5) is 32.9. The first-order valence-electron chi connectivity index (χ1n) is 9.64. The van der Waals surface area contributed by atoms with E-state index in [1.54, 1.807) is 14.0 Å². The van der Waals surface area contributed by atoms with Gasteiger partial charge in [0.05, 0.1) is 6.61 Å². The van der Waals surface area contributed by atoms with Crippen LogP contribution in [0.1, 0.15) is 44.3 Å². The lowest BCUT2D eigenvalue weighted by molar-refractivity contribution is -0.141. The number of piperidine rings is 2. The predicted molar refractivity (Wildman–Crippen MR) is 97.6 cm³/mol. The fourth-order valence-electron chi connectivity index (χ4n) is 4.15. The minimum absolute atomic E-state index is 0.0533. The van der Waals surface area contributed by atoms with Crippen molar-refractivity contribution in [2.45, 2.75) is 45.1 Å². The largest absolute Gasteiger partial charge is 0.383 e. The number of nitrogens with zero attached hydrogens (tertiary/aromatic N) is 4. The Morgan fingerprint density at radius 1 is 1.19 bits per heavy atom. The van der Waals surface area contributed by atoms with E-state index in [0.717, 1.165) is 51.1 Å². The molecular formula is C19H30N4O3. The number of methoxy groups -OCH3 is 1. The average Bonchev–Trinajstić information content (AvgIpc) is 3.14. The fourth-order valence-corrected chi connectivity index (χ4v) is 4.15. The van der Waals surface area contributed by atoms with Gasteiger partial charge in [0.25, 0.3) is 0 Å². The highest BCUT2D eigenvalue weighted by molar-refractivity contribution is 5.80. The maximum atomic E-state index is 13.0. The Balaban J connectivity index is 1.59. The summed E-state index contributed by atoms with van der Waals surface area (Å²) in [6.07, 6.45) is 7.47. The lowest BCUT2D eigenvalue weighted by Gasteiger charge is -2.37. The van der Waals surface area contributed by atoms with Crippen molar-refractivity contribution < 1.29 is 14.3 Å². The summed E-state index contributed by atoms with van der Waals surface area (Å²) < 4.78 is 7.33. The van der Waals surface area contributed by atoms with Crippen LogP contribution in [0.4, 0.5) is 0 Å². The second kappa shape index (κ2) is 8.66. The summed E-state index contributed by atoms with van der Waals surface area (Å²) in [5.41, 5.74) is 0. The molecule has 2 aliphatic heterocycles. The Labute approximate surface area is 155 Å². The van der Waals surface area contributed by atoms with Crippen LogP contribution in [0.2, 0.25) is 0 Å². The zero-order chi connectivity index (χ0) is 18.5. The van der Waals surface area contributed by atoms with Crippen molar-refractivity contribution >= 4 is 11.8 Å². The van der Waals surface area contributed by atoms with E-state index in [9.17, 15) is 9.59 Å². The molecule has 3 heterocycles. The second-order valence-electron chi connectivity index (χ2n) is 7.38. The molecule has 0 aliphatic carbocycles. The zero-order valence-electron chi connectivity index (χ0n) is 15.9. The first kappa shape index (κ1) is 18.9. The van der Waals surface area contributed by atoms with Gasteiger partial charge in [-0.2, -0.15) is 0 Å². The topological polar surface area (TPSA) is 67.7 Å². The third-order valence-corrected chi connectivity index (χ3v) is 5.67. The van der Waals surface area contributed by atoms with E-state index in [0.29, 0.717) is 19.7 Å². The summed E-state index contributed by atoms with van der Waals surface area (Å²) in [7, 11) is 1.70. The van der Waals surface area contributed by atoms with Crippen LogP contribution < -0.4 is 0 Å². The minimum Gasteiger partial charge on any atom is -0.383 e. The van der Waals surface area contributed by atoms with E-state index in [1.807, 2.05) is 22.2 Å².